The standard InChI is InChI=1S/C37H45NO7Si/c1-34(2,3)45-33(39)38-28-22-16-15-17-25(28)23-30(38)37(40)32-31(43-36(7,8)44-32)29(42-37)24-41-46(35(4,5)6,26-18-11-9-12-19-26)27-20-13-10-14-21-27/h9-23,29,31-32,40H,24H2,1-8H3/t29-,31-,32-,37?/m1/s1. The van der Waals surface area contributed by atoms with Crippen molar-refractivity contribution >= 4 is 35.7 Å². The number of rotatable bonds is 6. The third kappa shape index (κ3) is 5.63. The zero-order valence-electron chi connectivity index (χ0n) is 27.9. The lowest BCUT2D eigenvalue weighted by Gasteiger charge is -2.43. The first-order chi connectivity index (χ1) is 21.6. The van der Waals surface area contributed by atoms with Gasteiger partial charge in [-0.05, 0) is 62.2 Å². The predicted molar refractivity (Wildman–Crippen MR) is 180 cm³/mol. The highest BCUT2D eigenvalue weighted by atomic mass is 28.4. The molecule has 0 saturated carbocycles. The van der Waals surface area contributed by atoms with Crippen molar-refractivity contribution in [3.63, 3.8) is 0 Å². The summed E-state index contributed by atoms with van der Waals surface area (Å²) >= 11 is 0. The van der Waals surface area contributed by atoms with Gasteiger partial charge < -0.3 is 28.5 Å². The Labute approximate surface area is 272 Å². The Bertz CT molecular complexity index is 1670. The normalized spacial score (nSPS) is 24.7. The molecule has 1 aromatic heterocycles. The fraction of sp³-hybridized carbons (Fsp3) is 0.432. The Kier molecular flexibility index (Phi) is 8.11. The van der Waals surface area contributed by atoms with Gasteiger partial charge in [-0.1, -0.05) is 99.6 Å². The largest absolute Gasteiger partial charge is 0.443 e. The average molecular weight is 644 g/mol. The maximum absolute atomic E-state index is 13.7. The molecule has 2 saturated heterocycles. The van der Waals surface area contributed by atoms with Gasteiger partial charge in [-0.15, -0.1) is 0 Å². The second-order valence-electron chi connectivity index (χ2n) is 14.8. The summed E-state index contributed by atoms with van der Waals surface area (Å²) in [7, 11) is -2.94. The molecule has 2 aliphatic rings. The molecule has 2 aliphatic heterocycles. The Morgan fingerprint density at radius 3 is 1.98 bits per heavy atom. The van der Waals surface area contributed by atoms with Crippen LogP contribution in [0.2, 0.25) is 5.04 Å². The lowest BCUT2D eigenvalue weighted by molar-refractivity contribution is -0.285. The number of aromatic nitrogens is 1. The van der Waals surface area contributed by atoms with E-state index in [2.05, 4.69) is 45.0 Å². The van der Waals surface area contributed by atoms with Crippen LogP contribution in [-0.2, 0) is 29.2 Å². The molecule has 0 amide bonds. The summed E-state index contributed by atoms with van der Waals surface area (Å²) in [5.74, 6) is -3.06. The molecule has 9 heteroatoms. The van der Waals surface area contributed by atoms with Crippen LogP contribution in [0.5, 0.6) is 0 Å². The Morgan fingerprint density at radius 1 is 0.848 bits per heavy atom. The average Bonchev–Trinajstić information content (AvgIpc) is 3.61. The van der Waals surface area contributed by atoms with Gasteiger partial charge in [-0.3, -0.25) is 0 Å². The number of fused-ring (bicyclic) bond motifs is 2. The van der Waals surface area contributed by atoms with E-state index in [1.54, 1.807) is 6.07 Å². The number of benzene rings is 3. The fourth-order valence-corrected chi connectivity index (χ4v) is 11.5. The van der Waals surface area contributed by atoms with Crippen LogP contribution in [0.3, 0.4) is 0 Å². The van der Waals surface area contributed by atoms with Crippen molar-refractivity contribution in [1.82, 2.24) is 4.57 Å². The second-order valence-corrected chi connectivity index (χ2v) is 19.1. The smallest absolute Gasteiger partial charge is 0.419 e. The van der Waals surface area contributed by atoms with Crippen LogP contribution in [0.4, 0.5) is 4.79 Å². The minimum atomic E-state index is -2.94. The molecule has 2 fully saturated rings. The van der Waals surface area contributed by atoms with Crippen LogP contribution in [0.15, 0.2) is 91.0 Å². The molecule has 3 aromatic carbocycles. The van der Waals surface area contributed by atoms with E-state index in [9.17, 15) is 9.90 Å². The van der Waals surface area contributed by atoms with Gasteiger partial charge in [-0.2, -0.15) is 0 Å². The van der Waals surface area contributed by atoms with E-state index in [0.29, 0.717) is 5.52 Å². The monoisotopic (exact) mass is 643 g/mol. The van der Waals surface area contributed by atoms with Gasteiger partial charge in [-0.25, -0.2) is 9.36 Å². The molecular formula is C37H45NO7Si. The zero-order valence-corrected chi connectivity index (χ0v) is 28.9. The van der Waals surface area contributed by atoms with E-state index in [1.165, 1.54) is 4.57 Å². The van der Waals surface area contributed by atoms with Crippen molar-refractivity contribution < 1.29 is 33.3 Å². The highest BCUT2D eigenvalue weighted by Crippen LogP contribution is 2.49. The van der Waals surface area contributed by atoms with Crippen LogP contribution in [0.1, 0.15) is 61.1 Å². The van der Waals surface area contributed by atoms with Crippen LogP contribution < -0.4 is 10.4 Å². The van der Waals surface area contributed by atoms with E-state index < -0.39 is 49.9 Å². The Hall–Kier alpha value is -3.31. The van der Waals surface area contributed by atoms with E-state index >= 15 is 0 Å². The minimum Gasteiger partial charge on any atom is -0.443 e. The number of carbonyl (C=O) groups is 1. The number of aliphatic hydroxyl groups is 1. The molecule has 4 aromatic rings. The molecule has 0 spiro atoms. The quantitative estimate of drug-likeness (QED) is 0.256. The first-order valence-electron chi connectivity index (χ1n) is 15.9. The van der Waals surface area contributed by atoms with Gasteiger partial charge in [0.1, 0.15) is 23.9 Å². The van der Waals surface area contributed by atoms with Gasteiger partial charge in [0, 0.05) is 5.39 Å². The van der Waals surface area contributed by atoms with E-state index in [-0.39, 0.29) is 17.3 Å². The molecule has 3 heterocycles. The summed E-state index contributed by atoms with van der Waals surface area (Å²) in [4.78, 5) is 13.7. The number of nitrogens with zero attached hydrogens (tertiary/aromatic N) is 1. The topological polar surface area (TPSA) is 88.4 Å². The highest BCUT2D eigenvalue weighted by molar-refractivity contribution is 6.99. The van der Waals surface area contributed by atoms with Crippen LogP contribution in [-0.4, -0.2) is 60.4 Å². The zero-order chi connectivity index (χ0) is 33.1. The second kappa shape index (κ2) is 11.4. The number of hydrogen-bond donors (Lipinski definition) is 1. The highest BCUT2D eigenvalue weighted by Gasteiger charge is 2.65. The third-order valence-electron chi connectivity index (χ3n) is 8.75. The third-order valence-corrected chi connectivity index (χ3v) is 13.8. The Morgan fingerprint density at radius 2 is 1.41 bits per heavy atom. The number of ether oxygens (including phenoxy) is 4. The summed E-state index contributed by atoms with van der Waals surface area (Å²) < 4.78 is 33.8. The van der Waals surface area contributed by atoms with Crippen molar-refractivity contribution in [1.29, 1.82) is 0 Å². The predicted octanol–water partition coefficient (Wildman–Crippen LogP) is 6.07. The number of carbonyl (C=O) groups excluding carboxylic acids is 1. The van der Waals surface area contributed by atoms with Crippen LogP contribution >= 0.6 is 0 Å². The van der Waals surface area contributed by atoms with E-state index in [0.717, 1.165) is 15.8 Å². The molecule has 1 N–H and O–H groups in total. The van der Waals surface area contributed by atoms with Crippen molar-refractivity contribution in [3.05, 3.63) is 96.7 Å². The molecule has 244 valence electrons. The maximum Gasteiger partial charge on any atom is 0.419 e. The van der Waals surface area contributed by atoms with E-state index in [1.807, 2.05) is 95.3 Å². The summed E-state index contributed by atoms with van der Waals surface area (Å²) in [5, 5.41) is 15.3. The molecule has 0 aliphatic carbocycles. The van der Waals surface area contributed by atoms with Crippen molar-refractivity contribution in [2.24, 2.45) is 0 Å². The summed E-state index contributed by atoms with van der Waals surface area (Å²) in [5.41, 5.74) is 0.0421. The van der Waals surface area contributed by atoms with E-state index in [4.69, 9.17) is 23.4 Å². The molecule has 8 nitrogen and oxygen atoms in total. The lowest BCUT2D eigenvalue weighted by Crippen LogP contribution is -2.67. The first-order valence-corrected chi connectivity index (χ1v) is 17.8. The molecular weight excluding hydrogens is 598 g/mol. The number of hydrogen-bond acceptors (Lipinski definition) is 7. The van der Waals surface area contributed by atoms with Crippen molar-refractivity contribution in [2.45, 2.75) is 95.9 Å². The molecule has 1 unspecified atom stereocenters. The molecule has 0 radical (unpaired) electrons. The number of para-hydroxylation sites is 1. The minimum absolute atomic E-state index is 0.128. The van der Waals surface area contributed by atoms with Crippen molar-refractivity contribution in [2.75, 3.05) is 6.61 Å². The first kappa shape index (κ1) is 32.6. The molecule has 4 atom stereocenters. The van der Waals surface area contributed by atoms with Gasteiger partial charge in [0.25, 0.3) is 8.32 Å². The lowest BCUT2D eigenvalue weighted by atomic mass is 10.0. The van der Waals surface area contributed by atoms with Gasteiger partial charge in [0.2, 0.25) is 5.79 Å². The van der Waals surface area contributed by atoms with Crippen LogP contribution in [0.25, 0.3) is 10.9 Å². The van der Waals surface area contributed by atoms with Gasteiger partial charge in [0.15, 0.2) is 5.79 Å². The summed E-state index contributed by atoms with van der Waals surface area (Å²) in [6, 6.07) is 29.9. The Balaban J connectivity index is 1.44. The maximum atomic E-state index is 13.7. The molecule has 46 heavy (non-hydrogen) atoms. The van der Waals surface area contributed by atoms with Gasteiger partial charge in [0.05, 0.1) is 17.8 Å². The molecule has 0 bridgehead atoms. The molecule has 6 rings (SSSR count). The SMILES string of the molecule is CC(C)(C)OC(=O)n1c(C2(O)O[C@H](CO[Si](c3ccccc3)(c3ccccc3)C(C)(C)C)[C@H]3OC(C)(C)O[C@H]32)cc2ccccc21. The van der Waals surface area contributed by atoms with Crippen LogP contribution in [0, 0.1) is 0 Å². The summed E-state index contributed by atoms with van der Waals surface area (Å²) in [6.07, 6.45) is -2.96. The van der Waals surface area contributed by atoms with Crippen molar-refractivity contribution in [3.8, 4) is 0 Å². The summed E-state index contributed by atoms with van der Waals surface area (Å²) in [6.45, 7) is 15.8. The fourth-order valence-electron chi connectivity index (χ4n) is 6.95. The van der Waals surface area contributed by atoms with Gasteiger partial charge >= 0.3 is 6.09 Å².